The van der Waals surface area contributed by atoms with Crippen LogP contribution in [0.25, 0.3) is 11.0 Å². The lowest BCUT2D eigenvalue weighted by Crippen LogP contribution is -2.12. The van der Waals surface area contributed by atoms with E-state index in [9.17, 15) is 4.79 Å². The van der Waals surface area contributed by atoms with Crippen molar-refractivity contribution in [2.45, 2.75) is 33.1 Å². The molecule has 0 bridgehead atoms. The summed E-state index contributed by atoms with van der Waals surface area (Å²) in [6.45, 7) is 6.41. The van der Waals surface area contributed by atoms with E-state index in [1.807, 2.05) is 41.9 Å². The van der Waals surface area contributed by atoms with Gasteiger partial charge in [0, 0.05) is 30.5 Å². The molecule has 2 heterocycles. The second-order valence-corrected chi connectivity index (χ2v) is 6.44. The fourth-order valence-corrected chi connectivity index (χ4v) is 2.90. The minimum Gasteiger partial charge on any atom is -0.335 e. The molecule has 4 nitrogen and oxygen atoms in total. The van der Waals surface area contributed by atoms with E-state index in [1.165, 1.54) is 11.1 Å². The van der Waals surface area contributed by atoms with Crippen LogP contribution < -0.4 is 5.32 Å². The summed E-state index contributed by atoms with van der Waals surface area (Å²) in [7, 11) is 1.98. The predicted molar refractivity (Wildman–Crippen MR) is 98.6 cm³/mol. The first-order chi connectivity index (χ1) is 11.5. The third-order valence-electron chi connectivity index (χ3n) is 4.37. The number of aromatic nitrogens is 2. The van der Waals surface area contributed by atoms with Crippen LogP contribution in [0.4, 0.5) is 5.69 Å². The van der Waals surface area contributed by atoms with Crippen LogP contribution in [0.5, 0.6) is 0 Å². The molecule has 0 aliphatic rings. The monoisotopic (exact) mass is 321 g/mol. The highest BCUT2D eigenvalue weighted by molar-refractivity contribution is 6.05. The van der Waals surface area contributed by atoms with Crippen molar-refractivity contribution in [1.29, 1.82) is 0 Å². The first-order valence-electron chi connectivity index (χ1n) is 8.35. The number of aryl methyl sites for hydroxylation is 2. The number of pyridine rings is 1. The van der Waals surface area contributed by atoms with Gasteiger partial charge in [0.15, 0.2) is 0 Å². The molecule has 0 aliphatic heterocycles. The number of hydrogen-bond acceptors (Lipinski definition) is 2. The number of carbonyl (C=O) groups excluding carboxylic acids is 1. The molecule has 2 aromatic heterocycles. The van der Waals surface area contributed by atoms with Gasteiger partial charge in [0.2, 0.25) is 0 Å². The van der Waals surface area contributed by atoms with Crippen LogP contribution in [-0.4, -0.2) is 15.5 Å². The van der Waals surface area contributed by atoms with Gasteiger partial charge >= 0.3 is 0 Å². The highest BCUT2D eigenvalue weighted by atomic mass is 16.1. The van der Waals surface area contributed by atoms with Crippen molar-refractivity contribution in [3.63, 3.8) is 0 Å². The number of amides is 1. The molecule has 4 heteroatoms. The van der Waals surface area contributed by atoms with E-state index < -0.39 is 0 Å². The maximum atomic E-state index is 12.5. The molecule has 1 aromatic carbocycles. The Hall–Kier alpha value is -2.62. The van der Waals surface area contributed by atoms with Gasteiger partial charge < -0.3 is 9.88 Å². The molecule has 0 saturated carbocycles. The molecule has 0 unspecified atom stereocenters. The molecule has 0 spiro atoms. The highest BCUT2D eigenvalue weighted by Crippen LogP contribution is 2.22. The third kappa shape index (κ3) is 3.04. The molecule has 0 radical (unpaired) electrons. The number of nitrogens with zero attached hydrogens (tertiary/aromatic N) is 2. The van der Waals surface area contributed by atoms with Crippen molar-refractivity contribution >= 4 is 22.6 Å². The largest absolute Gasteiger partial charge is 0.335 e. The van der Waals surface area contributed by atoms with E-state index >= 15 is 0 Å². The zero-order valence-corrected chi connectivity index (χ0v) is 14.6. The van der Waals surface area contributed by atoms with Crippen LogP contribution in [-0.2, 0) is 13.5 Å². The second kappa shape index (κ2) is 6.48. The van der Waals surface area contributed by atoms with Crippen molar-refractivity contribution in [3.8, 4) is 0 Å². The average Bonchev–Trinajstić information content (AvgIpc) is 2.91. The van der Waals surface area contributed by atoms with Crippen molar-refractivity contribution in [3.05, 3.63) is 59.4 Å². The van der Waals surface area contributed by atoms with Gasteiger partial charge in [-0.3, -0.25) is 4.79 Å². The number of benzene rings is 1. The van der Waals surface area contributed by atoms with E-state index in [2.05, 4.69) is 37.3 Å². The zero-order valence-electron chi connectivity index (χ0n) is 14.6. The van der Waals surface area contributed by atoms with E-state index in [1.54, 1.807) is 6.20 Å². The van der Waals surface area contributed by atoms with Crippen LogP contribution in [0.2, 0.25) is 0 Å². The van der Waals surface area contributed by atoms with Crippen LogP contribution >= 0.6 is 0 Å². The second-order valence-electron chi connectivity index (χ2n) is 6.44. The Morgan fingerprint density at radius 1 is 1.25 bits per heavy atom. The predicted octanol–water partition coefficient (Wildman–Crippen LogP) is 4.51. The van der Waals surface area contributed by atoms with Gasteiger partial charge in [-0.2, -0.15) is 0 Å². The van der Waals surface area contributed by atoms with Crippen LogP contribution in [0.3, 0.4) is 0 Å². The summed E-state index contributed by atoms with van der Waals surface area (Å²) in [5, 5.41) is 3.99. The first-order valence-corrected chi connectivity index (χ1v) is 8.35. The van der Waals surface area contributed by atoms with Gasteiger partial charge in [-0.25, -0.2) is 4.98 Å². The Morgan fingerprint density at radius 2 is 1.96 bits per heavy atom. The third-order valence-corrected chi connectivity index (χ3v) is 4.37. The number of rotatable bonds is 4. The summed E-state index contributed by atoms with van der Waals surface area (Å²) < 4.78 is 2.00. The number of nitrogens with one attached hydrogen (secondary N) is 1. The Kier molecular flexibility index (Phi) is 4.38. The molecule has 0 atom stereocenters. The highest BCUT2D eigenvalue weighted by Gasteiger charge is 2.12. The molecular weight excluding hydrogens is 298 g/mol. The lowest BCUT2D eigenvalue weighted by Gasteiger charge is -2.08. The van der Waals surface area contributed by atoms with Crippen molar-refractivity contribution in [1.82, 2.24) is 9.55 Å². The maximum Gasteiger partial charge on any atom is 0.257 e. The minimum absolute atomic E-state index is 0.132. The summed E-state index contributed by atoms with van der Waals surface area (Å²) in [6, 6.07) is 9.92. The average molecular weight is 321 g/mol. The van der Waals surface area contributed by atoms with Gasteiger partial charge in [-0.1, -0.05) is 32.9 Å². The standard InChI is InChI=1S/C20H23N3O/c1-5-14-12-23(4)19-18(14)10-16(11-21-19)20(24)22-17-8-6-15(7-9-17)13(2)3/h6-13H,5H2,1-4H3,(H,22,24). The SMILES string of the molecule is CCc1cn(C)c2ncc(C(=O)Nc3ccc(C(C)C)cc3)cc12. The van der Waals surface area contributed by atoms with Crippen molar-refractivity contribution in [2.24, 2.45) is 7.05 Å². The van der Waals surface area contributed by atoms with Crippen molar-refractivity contribution < 1.29 is 4.79 Å². The Bertz CT molecular complexity index is 876. The summed E-state index contributed by atoms with van der Waals surface area (Å²) in [6.07, 6.45) is 4.63. The van der Waals surface area contributed by atoms with E-state index in [0.29, 0.717) is 11.5 Å². The van der Waals surface area contributed by atoms with Crippen LogP contribution in [0, 0.1) is 0 Å². The summed E-state index contributed by atoms with van der Waals surface area (Å²) in [4.78, 5) is 17.0. The quantitative estimate of drug-likeness (QED) is 0.768. The topological polar surface area (TPSA) is 46.9 Å². The smallest absolute Gasteiger partial charge is 0.257 e. The molecule has 3 aromatic rings. The van der Waals surface area contributed by atoms with Gasteiger partial charge in [0.25, 0.3) is 5.91 Å². The number of fused-ring (bicyclic) bond motifs is 1. The fraction of sp³-hybridized carbons (Fsp3) is 0.300. The molecule has 124 valence electrons. The molecule has 0 aliphatic carbocycles. The summed E-state index contributed by atoms with van der Waals surface area (Å²) in [5.41, 5.74) is 4.75. The lowest BCUT2D eigenvalue weighted by atomic mass is 10.0. The molecule has 3 rings (SSSR count). The van der Waals surface area contributed by atoms with Crippen LogP contribution in [0.15, 0.2) is 42.7 Å². The molecule has 1 N–H and O–H groups in total. The Morgan fingerprint density at radius 3 is 2.58 bits per heavy atom. The molecule has 0 saturated heterocycles. The summed E-state index contributed by atoms with van der Waals surface area (Å²) in [5.74, 6) is 0.347. The Balaban J connectivity index is 1.85. The summed E-state index contributed by atoms with van der Waals surface area (Å²) >= 11 is 0. The first kappa shape index (κ1) is 16.2. The normalized spacial score (nSPS) is 11.2. The van der Waals surface area contributed by atoms with Gasteiger partial charge in [0.1, 0.15) is 5.65 Å². The zero-order chi connectivity index (χ0) is 17.3. The molecule has 24 heavy (non-hydrogen) atoms. The number of anilines is 1. The van der Waals surface area contributed by atoms with Gasteiger partial charge in [-0.15, -0.1) is 0 Å². The van der Waals surface area contributed by atoms with E-state index in [-0.39, 0.29) is 5.91 Å². The van der Waals surface area contributed by atoms with Crippen LogP contribution in [0.1, 0.15) is 48.2 Å². The van der Waals surface area contributed by atoms with E-state index in [4.69, 9.17) is 0 Å². The minimum atomic E-state index is -0.132. The molecule has 1 amide bonds. The molecule has 0 fully saturated rings. The van der Waals surface area contributed by atoms with Crippen molar-refractivity contribution in [2.75, 3.05) is 5.32 Å². The van der Waals surface area contributed by atoms with E-state index in [0.717, 1.165) is 23.1 Å². The Labute approximate surface area is 142 Å². The van der Waals surface area contributed by atoms with Gasteiger partial charge in [0.05, 0.1) is 5.56 Å². The van der Waals surface area contributed by atoms with Gasteiger partial charge in [-0.05, 0) is 41.7 Å². The number of carbonyl (C=O) groups is 1. The fourth-order valence-electron chi connectivity index (χ4n) is 2.90. The molecular formula is C20H23N3O. The maximum absolute atomic E-state index is 12.5. The number of hydrogen-bond donors (Lipinski definition) is 1. The lowest BCUT2D eigenvalue weighted by molar-refractivity contribution is 0.102.